The van der Waals surface area contributed by atoms with Crippen molar-refractivity contribution in [3.8, 4) is 0 Å². The molecular formula is C41H58N4O6S. The number of hydrogen-bond acceptors (Lipinski definition) is 7. The molecule has 2 aliphatic heterocycles. The number of rotatable bonds is 9. The third-order valence-corrected chi connectivity index (χ3v) is 11.5. The number of aliphatic hydroxyl groups is 1. The standard InChI is InChI=1S/C39H52N4O6S.C2H6/c1-9-38(22-24-42(25-23-38)35(45)49-37(5,6)7)27-41(8)30-18-14-28(15-19-30)26-43-33-13-11-10-12-32(33)39(46,34(43)44)29-16-20-31(21-17-29)50(47,48)40-36(2,3)4;1-2/h10-21,40,46H,9,22-27H2,1-8H3;1-2H3. The second kappa shape index (κ2) is 15.6. The molecule has 1 unspecified atom stereocenters. The predicted molar refractivity (Wildman–Crippen MR) is 208 cm³/mol. The summed E-state index contributed by atoms with van der Waals surface area (Å²) in [5, 5.41) is 12.0. The molecule has 0 radical (unpaired) electrons. The van der Waals surface area contributed by atoms with Crippen LogP contribution in [0.3, 0.4) is 0 Å². The lowest BCUT2D eigenvalue weighted by atomic mass is 9.75. The normalized spacial score (nSPS) is 18.7. The van der Waals surface area contributed by atoms with Gasteiger partial charge in [0, 0.05) is 43.5 Å². The van der Waals surface area contributed by atoms with E-state index in [9.17, 15) is 23.1 Å². The van der Waals surface area contributed by atoms with E-state index >= 15 is 0 Å². The number of sulfonamides is 1. The highest BCUT2D eigenvalue weighted by molar-refractivity contribution is 7.89. The van der Waals surface area contributed by atoms with Crippen LogP contribution in [0.5, 0.6) is 0 Å². The lowest BCUT2D eigenvalue weighted by Gasteiger charge is -2.44. The summed E-state index contributed by atoms with van der Waals surface area (Å²) in [5.74, 6) is -0.495. The van der Waals surface area contributed by atoms with Gasteiger partial charge in [-0.15, -0.1) is 0 Å². The van der Waals surface area contributed by atoms with Crippen molar-refractivity contribution in [1.82, 2.24) is 9.62 Å². The van der Waals surface area contributed by atoms with Crippen LogP contribution in [-0.4, -0.2) is 68.2 Å². The van der Waals surface area contributed by atoms with E-state index in [0.717, 1.165) is 37.1 Å². The minimum atomic E-state index is -3.79. The van der Waals surface area contributed by atoms with E-state index in [1.54, 1.807) is 37.8 Å². The third kappa shape index (κ3) is 8.98. The molecule has 1 atom stereocenters. The summed E-state index contributed by atoms with van der Waals surface area (Å²) in [7, 11) is -1.70. The van der Waals surface area contributed by atoms with E-state index in [1.807, 2.05) is 63.8 Å². The minimum absolute atomic E-state index is 0.0523. The van der Waals surface area contributed by atoms with Gasteiger partial charge in [-0.05, 0) is 108 Å². The SMILES string of the molecule is CC.CCC1(CN(C)c2ccc(CN3C(=O)C(O)(c4ccc(S(=O)(=O)NC(C)(C)C)cc4)c4ccccc43)cc2)CCN(C(=O)OC(C)(C)C)CC1. The molecule has 284 valence electrons. The average molecular weight is 735 g/mol. The van der Waals surface area contributed by atoms with Gasteiger partial charge in [-0.3, -0.25) is 4.79 Å². The Balaban J connectivity index is 0.00000297. The molecule has 1 saturated heterocycles. The fourth-order valence-corrected chi connectivity index (χ4v) is 8.37. The Morgan fingerprint density at radius 1 is 0.923 bits per heavy atom. The second-order valence-electron chi connectivity index (χ2n) is 15.8. The van der Waals surface area contributed by atoms with Crippen molar-refractivity contribution in [2.75, 3.05) is 36.5 Å². The number of piperidine rings is 1. The van der Waals surface area contributed by atoms with E-state index in [1.165, 1.54) is 24.3 Å². The molecule has 2 heterocycles. The topological polar surface area (TPSA) is 119 Å². The van der Waals surface area contributed by atoms with Gasteiger partial charge in [0.2, 0.25) is 10.0 Å². The first-order valence-corrected chi connectivity index (χ1v) is 19.8. The number of nitrogens with zero attached hydrogens (tertiary/aromatic N) is 3. The second-order valence-corrected chi connectivity index (χ2v) is 17.5. The number of fused-ring (bicyclic) bond motifs is 1. The zero-order chi connectivity index (χ0) is 38.7. The molecule has 3 aromatic rings. The molecular weight excluding hydrogens is 677 g/mol. The molecule has 1 fully saturated rings. The Hall–Kier alpha value is -3.93. The molecule has 52 heavy (non-hydrogen) atoms. The van der Waals surface area contributed by atoms with Crippen LogP contribution in [0.2, 0.25) is 0 Å². The Labute approximate surface area is 311 Å². The summed E-state index contributed by atoms with van der Waals surface area (Å²) in [6.07, 6.45) is 2.55. The lowest BCUT2D eigenvalue weighted by molar-refractivity contribution is -0.132. The summed E-state index contributed by atoms with van der Waals surface area (Å²) in [5.41, 5.74) is 0.242. The first-order chi connectivity index (χ1) is 24.3. The highest BCUT2D eigenvalue weighted by Crippen LogP contribution is 2.45. The maximum atomic E-state index is 14.1. The number of anilines is 2. The first kappa shape index (κ1) is 40.8. The first-order valence-electron chi connectivity index (χ1n) is 18.3. The number of amides is 2. The van der Waals surface area contributed by atoms with E-state index in [0.29, 0.717) is 29.9 Å². The number of carbonyl (C=O) groups is 2. The lowest BCUT2D eigenvalue weighted by Crippen LogP contribution is -2.48. The Morgan fingerprint density at radius 2 is 1.50 bits per heavy atom. The van der Waals surface area contributed by atoms with E-state index < -0.39 is 32.7 Å². The van der Waals surface area contributed by atoms with Gasteiger partial charge in [0.05, 0.1) is 17.1 Å². The zero-order valence-electron chi connectivity index (χ0n) is 32.6. The van der Waals surface area contributed by atoms with Crippen molar-refractivity contribution < 1.29 is 27.9 Å². The van der Waals surface area contributed by atoms with Crippen LogP contribution in [0.4, 0.5) is 16.2 Å². The number of benzene rings is 3. The minimum Gasteiger partial charge on any atom is -0.444 e. The molecule has 5 rings (SSSR count). The summed E-state index contributed by atoms with van der Waals surface area (Å²) in [4.78, 5) is 32.4. The van der Waals surface area contributed by atoms with Crippen LogP contribution >= 0.6 is 0 Å². The predicted octanol–water partition coefficient (Wildman–Crippen LogP) is 7.44. The van der Waals surface area contributed by atoms with Gasteiger partial charge in [-0.1, -0.05) is 63.2 Å². The molecule has 11 heteroatoms. The molecule has 2 N–H and O–H groups in total. The van der Waals surface area contributed by atoms with Crippen LogP contribution in [-0.2, 0) is 31.7 Å². The van der Waals surface area contributed by atoms with Gasteiger partial charge in [-0.2, -0.15) is 0 Å². The van der Waals surface area contributed by atoms with Crippen molar-refractivity contribution >= 4 is 33.4 Å². The van der Waals surface area contributed by atoms with Gasteiger partial charge in [-0.25, -0.2) is 17.9 Å². The fraction of sp³-hybridized carbons (Fsp3) is 0.512. The molecule has 2 aliphatic rings. The van der Waals surface area contributed by atoms with E-state index in [2.05, 4.69) is 35.7 Å². The monoisotopic (exact) mass is 734 g/mol. The van der Waals surface area contributed by atoms with Crippen molar-refractivity contribution in [2.24, 2.45) is 5.41 Å². The number of likely N-dealkylation sites (tertiary alicyclic amines) is 1. The number of carbonyl (C=O) groups excluding carboxylic acids is 2. The largest absolute Gasteiger partial charge is 0.444 e. The van der Waals surface area contributed by atoms with E-state index in [4.69, 9.17) is 4.74 Å². The number of ether oxygens (including phenoxy) is 1. The molecule has 0 aliphatic carbocycles. The maximum absolute atomic E-state index is 14.1. The third-order valence-electron chi connectivity index (χ3n) is 9.68. The highest BCUT2D eigenvalue weighted by atomic mass is 32.2. The summed E-state index contributed by atoms with van der Waals surface area (Å²) < 4.78 is 34.0. The molecule has 3 aromatic carbocycles. The molecule has 0 saturated carbocycles. The van der Waals surface area contributed by atoms with Crippen LogP contribution in [0.25, 0.3) is 0 Å². The van der Waals surface area contributed by atoms with Gasteiger partial charge >= 0.3 is 6.09 Å². The Kier molecular flexibility index (Phi) is 12.2. The number of para-hydroxylation sites is 1. The molecule has 0 spiro atoms. The van der Waals surface area contributed by atoms with Crippen LogP contribution in [0.15, 0.2) is 77.7 Å². The van der Waals surface area contributed by atoms with Crippen LogP contribution < -0.4 is 14.5 Å². The Morgan fingerprint density at radius 3 is 2.04 bits per heavy atom. The summed E-state index contributed by atoms with van der Waals surface area (Å²) in [6, 6.07) is 21.1. The number of nitrogens with one attached hydrogen (secondary N) is 1. The number of hydrogen-bond donors (Lipinski definition) is 2. The molecule has 2 amide bonds. The molecule has 0 bridgehead atoms. The highest BCUT2D eigenvalue weighted by Gasteiger charge is 2.51. The van der Waals surface area contributed by atoms with Crippen molar-refractivity contribution in [3.05, 3.63) is 89.5 Å². The summed E-state index contributed by atoms with van der Waals surface area (Å²) >= 11 is 0. The molecule has 0 aromatic heterocycles. The van der Waals surface area contributed by atoms with Gasteiger partial charge in [0.25, 0.3) is 5.91 Å². The quantitative estimate of drug-likeness (QED) is 0.235. The average Bonchev–Trinajstić information content (AvgIpc) is 3.30. The zero-order valence-corrected chi connectivity index (χ0v) is 33.4. The van der Waals surface area contributed by atoms with Gasteiger partial charge in [0.15, 0.2) is 5.60 Å². The summed E-state index contributed by atoms with van der Waals surface area (Å²) in [6.45, 7) is 19.6. The van der Waals surface area contributed by atoms with Crippen molar-refractivity contribution in [3.63, 3.8) is 0 Å². The van der Waals surface area contributed by atoms with Crippen molar-refractivity contribution in [1.29, 1.82) is 0 Å². The fourth-order valence-electron chi connectivity index (χ4n) is 6.95. The maximum Gasteiger partial charge on any atom is 0.410 e. The van der Waals surface area contributed by atoms with Crippen LogP contribution in [0, 0.1) is 5.41 Å². The van der Waals surface area contributed by atoms with Crippen LogP contribution in [0.1, 0.15) is 98.3 Å². The van der Waals surface area contributed by atoms with Gasteiger partial charge in [0.1, 0.15) is 5.60 Å². The van der Waals surface area contributed by atoms with E-state index in [-0.39, 0.29) is 22.9 Å². The van der Waals surface area contributed by atoms with Gasteiger partial charge < -0.3 is 24.5 Å². The van der Waals surface area contributed by atoms with Crippen molar-refractivity contribution in [2.45, 2.75) is 110 Å². The molecule has 10 nitrogen and oxygen atoms in total. The Bertz CT molecular complexity index is 1810. The smallest absolute Gasteiger partial charge is 0.410 e.